The van der Waals surface area contributed by atoms with Gasteiger partial charge in [0.1, 0.15) is 5.01 Å². The van der Waals surface area contributed by atoms with Gasteiger partial charge in [-0.2, -0.15) is 13.2 Å². The Kier molecular flexibility index (Phi) is 3.95. The van der Waals surface area contributed by atoms with Crippen LogP contribution in [0.3, 0.4) is 0 Å². The van der Waals surface area contributed by atoms with Gasteiger partial charge in [0.05, 0.1) is 23.0 Å². The van der Waals surface area contributed by atoms with Gasteiger partial charge in [-0.3, -0.25) is 4.98 Å². The number of alkyl halides is 3. The molecule has 0 bridgehead atoms. The molecule has 2 aromatic heterocycles. The summed E-state index contributed by atoms with van der Waals surface area (Å²) in [5.41, 5.74) is 0.698. The van der Waals surface area contributed by atoms with Crippen molar-refractivity contribution in [1.29, 1.82) is 0 Å². The molecule has 1 atom stereocenters. The van der Waals surface area contributed by atoms with E-state index in [1.54, 1.807) is 0 Å². The van der Waals surface area contributed by atoms with Crippen LogP contribution in [0.4, 0.5) is 13.2 Å². The van der Waals surface area contributed by atoms with Crippen molar-refractivity contribution in [1.82, 2.24) is 15.3 Å². The molecule has 112 valence electrons. The van der Waals surface area contributed by atoms with E-state index in [2.05, 4.69) is 15.3 Å². The zero-order chi connectivity index (χ0) is 14.9. The second-order valence-electron chi connectivity index (χ2n) is 5.01. The fraction of sp³-hybridized carbons (Fsp3) is 0.429. The molecule has 0 aliphatic carbocycles. The summed E-state index contributed by atoms with van der Waals surface area (Å²) in [7, 11) is 0. The van der Waals surface area contributed by atoms with Crippen molar-refractivity contribution in [2.24, 2.45) is 0 Å². The molecule has 3 heterocycles. The van der Waals surface area contributed by atoms with E-state index in [0.717, 1.165) is 30.9 Å². The molecule has 1 aliphatic rings. The number of nitrogens with one attached hydrogen (secondary N) is 1. The number of piperidine rings is 1. The second-order valence-corrected chi connectivity index (χ2v) is 5.87. The Balaban J connectivity index is 1.79. The van der Waals surface area contributed by atoms with Crippen LogP contribution < -0.4 is 5.32 Å². The predicted octanol–water partition coefficient (Wildman–Crippen LogP) is 4.04. The lowest BCUT2D eigenvalue weighted by atomic mass is 10.0. The summed E-state index contributed by atoms with van der Waals surface area (Å²) in [4.78, 5) is 8.39. The molecule has 0 unspecified atom stereocenters. The third kappa shape index (κ3) is 3.24. The van der Waals surface area contributed by atoms with Gasteiger partial charge in [-0.05, 0) is 31.5 Å². The third-order valence-electron chi connectivity index (χ3n) is 3.50. The summed E-state index contributed by atoms with van der Waals surface area (Å²) in [5.74, 6) is 0. The van der Waals surface area contributed by atoms with Crippen LogP contribution in [-0.2, 0) is 6.18 Å². The lowest BCUT2D eigenvalue weighted by molar-refractivity contribution is -0.137. The van der Waals surface area contributed by atoms with Crippen molar-refractivity contribution in [3.05, 3.63) is 35.0 Å². The van der Waals surface area contributed by atoms with Gasteiger partial charge in [-0.15, -0.1) is 11.3 Å². The van der Waals surface area contributed by atoms with Crippen molar-refractivity contribution in [2.75, 3.05) is 6.54 Å². The molecule has 1 aliphatic heterocycles. The van der Waals surface area contributed by atoms with E-state index >= 15 is 0 Å². The smallest absolute Gasteiger partial charge is 0.309 e. The second kappa shape index (κ2) is 5.73. The van der Waals surface area contributed by atoms with E-state index in [-0.39, 0.29) is 6.04 Å². The summed E-state index contributed by atoms with van der Waals surface area (Å²) in [6.45, 7) is 0.982. The molecule has 3 rings (SSSR count). The van der Waals surface area contributed by atoms with E-state index in [1.807, 2.05) is 5.38 Å². The van der Waals surface area contributed by atoms with Gasteiger partial charge in [0.15, 0.2) is 0 Å². The Morgan fingerprint density at radius 3 is 2.71 bits per heavy atom. The zero-order valence-corrected chi connectivity index (χ0v) is 12.0. The molecule has 3 nitrogen and oxygen atoms in total. The SMILES string of the molecule is FC(F)(F)c1ccc(-c2nc([C@H]3CCCCN3)cs2)nc1. The molecular formula is C14H14F3N3S. The summed E-state index contributed by atoms with van der Waals surface area (Å²) in [6.07, 6.45) is -0.110. The molecule has 0 spiro atoms. The highest BCUT2D eigenvalue weighted by Gasteiger charge is 2.30. The standard InChI is InChI=1S/C14H14F3N3S/c15-14(16,17)9-4-5-11(19-7-9)13-20-12(8-21-13)10-3-1-2-6-18-10/h4-5,7-8,10,18H,1-3,6H2/t10-/m1/s1. The summed E-state index contributed by atoms with van der Waals surface area (Å²) in [6, 6.07) is 2.67. The molecule has 2 aromatic rings. The minimum atomic E-state index is -4.36. The lowest BCUT2D eigenvalue weighted by Gasteiger charge is -2.21. The Hall–Kier alpha value is -1.47. The maximum absolute atomic E-state index is 12.5. The van der Waals surface area contributed by atoms with Crippen LogP contribution >= 0.6 is 11.3 Å². The van der Waals surface area contributed by atoms with Gasteiger partial charge in [-0.25, -0.2) is 4.98 Å². The normalized spacial score (nSPS) is 19.7. The highest BCUT2D eigenvalue weighted by atomic mass is 32.1. The summed E-state index contributed by atoms with van der Waals surface area (Å²) < 4.78 is 37.5. The number of nitrogens with zero attached hydrogens (tertiary/aromatic N) is 2. The van der Waals surface area contributed by atoms with Crippen LogP contribution in [0, 0.1) is 0 Å². The molecule has 1 saturated heterocycles. The molecule has 0 radical (unpaired) electrons. The van der Waals surface area contributed by atoms with Crippen molar-refractivity contribution in [3.8, 4) is 10.7 Å². The van der Waals surface area contributed by atoms with Gasteiger partial charge in [0.2, 0.25) is 0 Å². The number of hydrogen-bond acceptors (Lipinski definition) is 4. The average Bonchev–Trinajstić information content (AvgIpc) is 2.97. The predicted molar refractivity (Wildman–Crippen MR) is 74.9 cm³/mol. The van der Waals surface area contributed by atoms with Crippen molar-refractivity contribution >= 4 is 11.3 Å². The first-order chi connectivity index (χ1) is 10.0. The number of halogens is 3. The first kappa shape index (κ1) is 14.5. The lowest BCUT2D eigenvalue weighted by Crippen LogP contribution is -2.26. The van der Waals surface area contributed by atoms with E-state index < -0.39 is 11.7 Å². The summed E-state index contributed by atoms with van der Waals surface area (Å²) in [5, 5.41) is 6.02. The number of rotatable bonds is 2. The zero-order valence-electron chi connectivity index (χ0n) is 11.2. The molecule has 21 heavy (non-hydrogen) atoms. The van der Waals surface area contributed by atoms with Gasteiger partial charge in [-0.1, -0.05) is 6.42 Å². The molecule has 0 saturated carbocycles. The highest BCUT2D eigenvalue weighted by molar-refractivity contribution is 7.13. The van der Waals surface area contributed by atoms with Crippen molar-refractivity contribution in [3.63, 3.8) is 0 Å². The van der Waals surface area contributed by atoms with Crippen LogP contribution in [0.15, 0.2) is 23.7 Å². The number of thiazole rings is 1. The maximum Gasteiger partial charge on any atom is 0.417 e. The fourth-order valence-electron chi connectivity index (χ4n) is 2.36. The van der Waals surface area contributed by atoms with E-state index in [1.165, 1.54) is 30.2 Å². The van der Waals surface area contributed by atoms with Crippen LogP contribution in [0.1, 0.15) is 36.6 Å². The first-order valence-corrected chi connectivity index (χ1v) is 7.64. The number of aromatic nitrogens is 2. The molecule has 0 aromatic carbocycles. The van der Waals surface area contributed by atoms with E-state index in [9.17, 15) is 13.2 Å². The van der Waals surface area contributed by atoms with Crippen LogP contribution in [0.25, 0.3) is 10.7 Å². The van der Waals surface area contributed by atoms with E-state index in [0.29, 0.717) is 10.7 Å². The highest BCUT2D eigenvalue weighted by Crippen LogP contribution is 2.31. The molecular weight excluding hydrogens is 299 g/mol. The molecule has 0 amide bonds. The number of hydrogen-bond donors (Lipinski definition) is 1. The van der Waals surface area contributed by atoms with Crippen LogP contribution in [0.5, 0.6) is 0 Å². The molecule has 1 fully saturated rings. The van der Waals surface area contributed by atoms with Gasteiger partial charge < -0.3 is 5.32 Å². The largest absolute Gasteiger partial charge is 0.417 e. The minimum absolute atomic E-state index is 0.248. The monoisotopic (exact) mass is 313 g/mol. The topological polar surface area (TPSA) is 37.8 Å². The minimum Gasteiger partial charge on any atom is -0.309 e. The van der Waals surface area contributed by atoms with E-state index in [4.69, 9.17) is 0 Å². The Morgan fingerprint density at radius 1 is 1.24 bits per heavy atom. The Labute approximate surface area is 124 Å². The quantitative estimate of drug-likeness (QED) is 0.909. The Bertz CT molecular complexity index is 601. The van der Waals surface area contributed by atoms with Gasteiger partial charge in [0.25, 0.3) is 0 Å². The summed E-state index contributed by atoms with van der Waals surface area (Å²) >= 11 is 1.41. The van der Waals surface area contributed by atoms with Crippen molar-refractivity contribution in [2.45, 2.75) is 31.5 Å². The van der Waals surface area contributed by atoms with Gasteiger partial charge in [0, 0.05) is 11.6 Å². The molecule has 7 heteroatoms. The molecule has 1 N–H and O–H groups in total. The van der Waals surface area contributed by atoms with Crippen LogP contribution in [0.2, 0.25) is 0 Å². The van der Waals surface area contributed by atoms with Crippen molar-refractivity contribution < 1.29 is 13.2 Å². The average molecular weight is 313 g/mol. The fourth-order valence-corrected chi connectivity index (χ4v) is 3.21. The Morgan fingerprint density at radius 2 is 2.10 bits per heavy atom. The maximum atomic E-state index is 12.5. The third-order valence-corrected chi connectivity index (χ3v) is 4.38. The van der Waals surface area contributed by atoms with Gasteiger partial charge >= 0.3 is 6.18 Å². The van der Waals surface area contributed by atoms with Crippen LogP contribution in [-0.4, -0.2) is 16.5 Å². The first-order valence-electron chi connectivity index (χ1n) is 6.76. The number of pyridine rings is 1.